The van der Waals surface area contributed by atoms with Gasteiger partial charge in [-0.15, -0.1) is 22.9 Å². The van der Waals surface area contributed by atoms with E-state index >= 15 is 0 Å². The van der Waals surface area contributed by atoms with Crippen LogP contribution in [0.5, 0.6) is 0 Å². The Morgan fingerprint density at radius 1 is 1.58 bits per heavy atom. The molecule has 1 amide bonds. The van der Waals surface area contributed by atoms with Crippen LogP contribution in [0.1, 0.15) is 16.2 Å². The molecule has 1 saturated heterocycles. The third-order valence-electron chi connectivity index (χ3n) is 3.62. The number of alkyl halides is 1. The molecule has 0 saturated carbocycles. The number of halogens is 1. The first-order chi connectivity index (χ1) is 9.08. The molecule has 2 heterocycles. The molecule has 1 unspecified atom stereocenters. The minimum absolute atomic E-state index is 0.0222. The summed E-state index contributed by atoms with van der Waals surface area (Å²) in [5, 5.41) is 0. The fraction of sp³-hybridized carbons (Fsp3) is 0.643. The smallest absolute Gasteiger partial charge is 0.237 e. The maximum absolute atomic E-state index is 11.5. The Kier molecular flexibility index (Phi) is 5.25. The summed E-state index contributed by atoms with van der Waals surface area (Å²) in [5.41, 5.74) is 0. The van der Waals surface area contributed by atoms with Gasteiger partial charge in [-0.2, -0.15) is 0 Å². The fourth-order valence-electron chi connectivity index (χ4n) is 2.59. The van der Waals surface area contributed by atoms with Crippen LogP contribution in [-0.4, -0.2) is 48.3 Å². The van der Waals surface area contributed by atoms with Crippen LogP contribution >= 0.6 is 22.9 Å². The van der Waals surface area contributed by atoms with E-state index in [1.807, 2.05) is 18.4 Å². The fourth-order valence-corrected chi connectivity index (χ4v) is 3.72. The Hall–Kier alpha value is -0.580. The van der Waals surface area contributed by atoms with E-state index in [0.29, 0.717) is 5.92 Å². The maximum Gasteiger partial charge on any atom is 0.237 e. The van der Waals surface area contributed by atoms with E-state index < -0.39 is 0 Å². The molecular weight excluding hydrogens is 280 g/mol. The van der Waals surface area contributed by atoms with Crippen LogP contribution in [0.4, 0.5) is 0 Å². The highest BCUT2D eigenvalue weighted by Crippen LogP contribution is 2.22. The molecule has 0 bridgehead atoms. The van der Waals surface area contributed by atoms with Gasteiger partial charge in [-0.1, -0.05) is 0 Å². The summed E-state index contributed by atoms with van der Waals surface area (Å²) in [6, 6.07) is 4.40. The lowest BCUT2D eigenvalue weighted by atomic mass is 10.1. The highest BCUT2D eigenvalue weighted by Gasteiger charge is 2.24. The van der Waals surface area contributed by atoms with Crippen molar-refractivity contribution in [2.75, 3.05) is 32.6 Å². The van der Waals surface area contributed by atoms with Gasteiger partial charge in [0.25, 0.3) is 0 Å². The quantitative estimate of drug-likeness (QED) is 0.780. The number of amides is 1. The highest BCUT2D eigenvalue weighted by molar-refractivity contribution is 7.11. The lowest BCUT2D eigenvalue weighted by Crippen LogP contribution is -2.33. The summed E-state index contributed by atoms with van der Waals surface area (Å²) in [6.07, 6.45) is 1.17. The van der Waals surface area contributed by atoms with Crippen LogP contribution in [0.15, 0.2) is 12.1 Å². The molecule has 1 atom stereocenters. The van der Waals surface area contributed by atoms with Gasteiger partial charge < -0.3 is 4.90 Å². The molecule has 2 rings (SSSR count). The maximum atomic E-state index is 11.5. The van der Waals surface area contributed by atoms with Gasteiger partial charge in [0.05, 0.1) is 0 Å². The normalized spacial score (nSPS) is 19.8. The van der Waals surface area contributed by atoms with E-state index in [0.717, 1.165) is 26.2 Å². The summed E-state index contributed by atoms with van der Waals surface area (Å²) < 4.78 is 0. The molecule has 0 aliphatic carbocycles. The first-order valence-electron chi connectivity index (χ1n) is 6.66. The van der Waals surface area contributed by atoms with E-state index in [4.69, 9.17) is 11.6 Å². The van der Waals surface area contributed by atoms with E-state index in [1.54, 1.807) is 4.90 Å². The molecule has 1 aliphatic heterocycles. The average Bonchev–Trinajstić information content (AvgIpc) is 2.98. The highest BCUT2D eigenvalue weighted by atomic mass is 35.5. The number of thiophene rings is 1. The van der Waals surface area contributed by atoms with Gasteiger partial charge in [0, 0.05) is 36.4 Å². The molecule has 3 nitrogen and oxygen atoms in total. The number of rotatable bonds is 5. The Morgan fingerprint density at radius 3 is 3.00 bits per heavy atom. The average molecular weight is 301 g/mol. The predicted molar refractivity (Wildman–Crippen MR) is 80.8 cm³/mol. The molecule has 1 aliphatic rings. The topological polar surface area (TPSA) is 23.6 Å². The van der Waals surface area contributed by atoms with Crippen molar-refractivity contribution in [3.63, 3.8) is 0 Å². The first-order valence-corrected chi connectivity index (χ1v) is 8.01. The second-order valence-corrected chi connectivity index (χ2v) is 6.95. The molecule has 0 N–H and O–H groups in total. The zero-order chi connectivity index (χ0) is 13.8. The van der Waals surface area contributed by atoms with Crippen LogP contribution in [0, 0.1) is 12.8 Å². The largest absolute Gasteiger partial charge is 0.344 e. The summed E-state index contributed by atoms with van der Waals surface area (Å²) in [4.78, 5) is 18.5. The molecule has 0 spiro atoms. The number of likely N-dealkylation sites (tertiary alicyclic amines) is 1. The predicted octanol–water partition coefficient (Wildman–Crippen LogP) is 2.58. The summed E-state index contributed by atoms with van der Waals surface area (Å²) >= 11 is 7.44. The number of nitrogens with zero attached hydrogens (tertiary/aromatic N) is 2. The number of hydrogen-bond acceptors (Lipinski definition) is 3. The van der Waals surface area contributed by atoms with Crippen LogP contribution in [0.2, 0.25) is 0 Å². The van der Waals surface area contributed by atoms with Gasteiger partial charge in [0.15, 0.2) is 0 Å². The van der Waals surface area contributed by atoms with Crippen LogP contribution in [0.3, 0.4) is 0 Å². The van der Waals surface area contributed by atoms with Gasteiger partial charge in [0.1, 0.15) is 5.88 Å². The Bertz CT molecular complexity index is 435. The molecule has 106 valence electrons. The molecule has 5 heteroatoms. The van der Waals surface area contributed by atoms with E-state index in [2.05, 4.69) is 24.0 Å². The van der Waals surface area contributed by atoms with Crippen molar-refractivity contribution in [1.29, 1.82) is 0 Å². The minimum Gasteiger partial charge on any atom is -0.344 e. The Labute approximate surface area is 124 Å². The van der Waals surface area contributed by atoms with E-state index in [9.17, 15) is 4.79 Å². The Morgan fingerprint density at radius 2 is 2.37 bits per heavy atom. The number of carbonyl (C=O) groups is 1. The summed E-state index contributed by atoms with van der Waals surface area (Å²) in [7, 11) is 1.84. The van der Waals surface area contributed by atoms with Gasteiger partial charge in [-0.3, -0.25) is 9.69 Å². The lowest BCUT2D eigenvalue weighted by Gasteiger charge is -2.21. The van der Waals surface area contributed by atoms with Gasteiger partial charge >= 0.3 is 0 Å². The second kappa shape index (κ2) is 6.73. The Balaban J connectivity index is 1.78. The van der Waals surface area contributed by atoms with Crippen molar-refractivity contribution in [3.8, 4) is 0 Å². The van der Waals surface area contributed by atoms with Crippen LogP contribution in [0.25, 0.3) is 0 Å². The zero-order valence-corrected chi connectivity index (χ0v) is 13.1. The molecule has 0 aromatic carbocycles. The molecule has 19 heavy (non-hydrogen) atoms. The number of hydrogen-bond donors (Lipinski definition) is 0. The third-order valence-corrected chi connectivity index (χ3v) is 4.83. The number of carbonyl (C=O) groups excluding carboxylic acids is 1. The second-order valence-electron chi connectivity index (χ2n) is 5.31. The van der Waals surface area contributed by atoms with Crippen LogP contribution < -0.4 is 0 Å². The summed E-state index contributed by atoms with van der Waals surface area (Å²) in [5.74, 6) is 0.689. The SMILES string of the molecule is Cc1ccc(CN2CCC(CN(C)C(=O)CCl)C2)s1. The lowest BCUT2D eigenvalue weighted by molar-refractivity contribution is -0.127. The third kappa shape index (κ3) is 4.20. The van der Waals surface area contributed by atoms with Crippen molar-refractivity contribution in [2.24, 2.45) is 5.92 Å². The van der Waals surface area contributed by atoms with Crippen molar-refractivity contribution >= 4 is 28.8 Å². The van der Waals surface area contributed by atoms with E-state index in [-0.39, 0.29) is 11.8 Å². The first kappa shape index (κ1) is 14.8. The zero-order valence-electron chi connectivity index (χ0n) is 11.6. The molecule has 1 fully saturated rings. The monoisotopic (exact) mass is 300 g/mol. The summed E-state index contributed by atoms with van der Waals surface area (Å²) in [6.45, 7) is 6.22. The van der Waals surface area contributed by atoms with Crippen molar-refractivity contribution < 1.29 is 4.79 Å². The van der Waals surface area contributed by atoms with Crippen molar-refractivity contribution in [1.82, 2.24) is 9.80 Å². The van der Waals surface area contributed by atoms with E-state index in [1.165, 1.54) is 16.2 Å². The molecule has 0 radical (unpaired) electrons. The molecule has 1 aromatic rings. The van der Waals surface area contributed by atoms with Gasteiger partial charge in [-0.25, -0.2) is 0 Å². The van der Waals surface area contributed by atoms with Crippen molar-refractivity contribution in [2.45, 2.75) is 19.9 Å². The number of aryl methyl sites for hydroxylation is 1. The van der Waals surface area contributed by atoms with Crippen molar-refractivity contribution in [3.05, 3.63) is 21.9 Å². The van der Waals surface area contributed by atoms with Crippen LogP contribution in [-0.2, 0) is 11.3 Å². The molecule has 1 aromatic heterocycles. The standard InChI is InChI=1S/C14H21ClN2OS/c1-11-3-4-13(19-11)10-17-6-5-12(9-17)8-16(2)14(18)7-15/h3-4,12H,5-10H2,1-2H3. The van der Waals surface area contributed by atoms with Gasteiger partial charge in [-0.05, 0) is 37.9 Å². The molecular formula is C14H21ClN2OS. The minimum atomic E-state index is 0.0222. The van der Waals surface area contributed by atoms with Gasteiger partial charge in [0.2, 0.25) is 5.91 Å².